The molecule has 0 heterocycles. The molecule has 0 bridgehead atoms. The van der Waals surface area contributed by atoms with Gasteiger partial charge in [0.05, 0.1) is 0 Å². The largest absolute Gasteiger partial charge is 0.478 e. The van der Waals surface area contributed by atoms with E-state index < -0.39 is 5.97 Å². The van der Waals surface area contributed by atoms with E-state index >= 15 is 0 Å². The van der Waals surface area contributed by atoms with Crippen LogP contribution in [0.3, 0.4) is 0 Å². The first-order valence-corrected chi connectivity index (χ1v) is 5.78. The number of carboxylic acids is 1. The monoisotopic (exact) mass is 238 g/mol. The third-order valence-corrected chi connectivity index (χ3v) is 2.68. The van der Waals surface area contributed by atoms with E-state index in [2.05, 4.69) is 6.08 Å². The molecule has 0 saturated carbocycles. The summed E-state index contributed by atoms with van der Waals surface area (Å²) in [5.41, 5.74) is 2.20. The molecular formula is C16H14O2. The van der Waals surface area contributed by atoms with Gasteiger partial charge in [0.15, 0.2) is 0 Å². The van der Waals surface area contributed by atoms with Crippen molar-refractivity contribution in [1.29, 1.82) is 0 Å². The van der Waals surface area contributed by atoms with Gasteiger partial charge in [0.1, 0.15) is 0 Å². The van der Waals surface area contributed by atoms with Gasteiger partial charge in [0, 0.05) is 12.0 Å². The highest BCUT2D eigenvalue weighted by Crippen LogP contribution is 2.22. The predicted octanol–water partition coefficient (Wildman–Crippen LogP) is 3.45. The Labute approximate surface area is 106 Å². The zero-order chi connectivity index (χ0) is 12.8. The predicted molar refractivity (Wildman–Crippen MR) is 73.0 cm³/mol. The maximum atomic E-state index is 10.6. The van der Waals surface area contributed by atoms with Gasteiger partial charge in [-0.3, -0.25) is 0 Å². The summed E-state index contributed by atoms with van der Waals surface area (Å²) in [5, 5.41) is 8.67. The lowest BCUT2D eigenvalue weighted by molar-refractivity contribution is -0.131. The van der Waals surface area contributed by atoms with Gasteiger partial charge in [-0.05, 0) is 11.1 Å². The van der Waals surface area contributed by atoms with Crippen LogP contribution >= 0.6 is 0 Å². The van der Waals surface area contributed by atoms with Crippen molar-refractivity contribution in [2.75, 3.05) is 0 Å². The van der Waals surface area contributed by atoms with Crippen molar-refractivity contribution in [3.63, 3.8) is 0 Å². The SMILES string of the molecule is O=C(O)C=CC1C=CC=CC1=Cc1ccccc1. The summed E-state index contributed by atoms with van der Waals surface area (Å²) in [4.78, 5) is 10.6. The Balaban J connectivity index is 2.24. The van der Waals surface area contributed by atoms with Crippen LogP contribution < -0.4 is 0 Å². The molecule has 0 fully saturated rings. The quantitative estimate of drug-likeness (QED) is 0.819. The second-order valence-corrected chi connectivity index (χ2v) is 4.02. The highest BCUT2D eigenvalue weighted by atomic mass is 16.4. The summed E-state index contributed by atoms with van der Waals surface area (Å²) in [7, 11) is 0. The molecule has 90 valence electrons. The van der Waals surface area contributed by atoms with E-state index in [1.54, 1.807) is 6.08 Å². The minimum absolute atomic E-state index is 0.0197. The molecule has 18 heavy (non-hydrogen) atoms. The zero-order valence-corrected chi connectivity index (χ0v) is 9.86. The second-order valence-electron chi connectivity index (χ2n) is 4.02. The van der Waals surface area contributed by atoms with Crippen LogP contribution in [-0.4, -0.2) is 11.1 Å². The molecule has 2 heteroatoms. The third kappa shape index (κ3) is 3.32. The fraction of sp³-hybridized carbons (Fsp3) is 0.0625. The topological polar surface area (TPSA) is 37.3 Å². The molecule has 0 saturated heterocycles. The van der Waals surface area contributed by atoms with E-state index in [9.17, 15) is 4.79 Å². The third-order valence-electron chi connectivity index (χ3n) is 2.68. The first-order valence-electron chi connectivity index (χ1n) is 5.78. The van der Waals surface area contributed by atoms with Crippen LogP contribution in [0.25, 0.3) is 6.08 Å². The molecule has 1 atom stereocenters. The van der Waals surface area contributed by atoms with Gasteiger partial charge in [0.2, 0.25) is 0 Å². The Morgan fingerprint density at radius 2 is 1.94 bits per heavy atom. The van der Waals surface area contributed by atoms with Crippen molar-refractivity contribution in [2.24, 2.45) is 5.92 Å². The van der Waals surface area contributed by atoms with Gasteiger partial charge in [-0.1, -0.05) is 66.8 Å². The summed E-state index contributed by atoms with van der Waals surface area (Å²) >= 11 is 0. The van der Waals surface area contributed by atoms with Crippen molar-refractivity contribution in [2.45, 2.75) is 0 Å². The number of hydrogen-bond donors (Lipinski definition) is 1. The molecule has 0 aromatic heterocycles. The lowest BCUT2D eigenvalue weighted by atomic mass is 9.92. The van der Waals surface area contributed by atoms with E-state index in [4.69, 9.17) is 5.11 Å². The maximum Gasteiger partial charge on any atom is 0.328 e. The lowest BCUT2D eigenvalue weighted by Gasteiger charge is -2.12. The van der Waals surface area contributed by atoms with E-state index in [0.717, 1.165) is 11.1 Å². The Kier molecular flexibility index (Phi) is 3.92. The number of carbonyl (C=O) groups is 1. The van der Waals surface area contributed by atoms with Gasteiger partial charge >= 0.3 is 5.97 Å². The molecule has 2 rings (SSSR count). The van der Waals surface area contributed by atoms with Gasteiger partial charge in [-0.2, -0.15) is 0 Å². The zero-order valence-electron chi connectivity index (χ0n) is 9.86. The first kappa shape index (κ1) is 12.1. The van der Waals surface area contributed by atoms with Crippen LogP contribution in [0.4, 0.5) is 0 Å². The molecular weight excluding hydrogens is 224 g/mol. The standard InChI is InChI=1S/C16H14O2/c17-16(18)11-10-14-8-4-5-9-15(14)12-13-6-2-1-3-7-13/h1-12,14H,(H,17,18). The second kappa shape index (κ2) is 5.82. The van der Waals surface area contributed by atoms with Crippen molar-refractivity contribution >= 4 is 12.0 Å². The van der Waals surface area contributed by atoms with E-state index in [0.29, 0.717) is 0 Å². The average molecular weight is 238 g/mol. The van der Waals surface area contributed by atoms with Crippen LogP contribution in [0.15, 0.2) is 72.4 Å². The smallest absolute Gasteiger partial charge is 0.328 e. The average Bonchev–Trinajstić information content (AvgIpc) is 2.39. The van der Waals surface area contributed by atoms with Crippen LogP contribution in [0.1, 0.15) is 5.56 Å². The number of hydrogen-bond acceptors (Lipinski definition) is 1. The number of benzene rings is 1. The highest BCUT2D eigenvalue weighted by Gasteiger charge is 2.08. The minimum Gasteiger partial charge on any atom is -0.478 e. The molecule has 1 unspecified atom stereocenters. The normalized spacial score (nSPS) is 20.7. The molecule has 2 nitrogen and oxygen atoms in total. The number of aliphatic carboxylic acids is 1. The van der Waals surface area contributed by atoms with Gasteiger partial charge in [0.25, 0.3) is 0 Å². The van der Waals surface area contributed by atoms with Gasteiger partial charge < -0.3 is 5.11 Å². The minimum atomic E-state index is -0.919. The number of allylic oxidation sites excluding steroid dienone is 6. The Morgan fingerprint density at radius 3 is 2.67 bits per heavy atom. The Morgan fingerprint density at radius 1 is 1.17 bits per heavy atom. The van der Waals surface area contributed by atoms with Crippen LogP contribution in [0.5, 0.6) is 0 Å². The molecule has 1 aromatic rings. The summed E-state index contributed by atoms with van der Waals surface area (Å²) in [6.07, 6.45) is 12.8. The van der Waals surface area contributed by atoms with E-state index in [1.165, 1.54) is 6.08 Å². The molecule has 0 aliphatic heterocycles. The summed E-state index contributed by atoms with van der Waals surface area (Å²) < 4.78 is 0. The van der Waals surface area contributed by atoms with Crippen molar-refractivity contribution in [3.05, 3.63) is 77.9 Å². The molecule has 1 N–H and O–H groups in total. The van der Waals surface area contributed by atoms with Gasteiger partial charge in [-0.25, -0.2) is 4.79 Å². The number of rotatable bonds is 3. The van der Waals surface area contributed by atoms with Crippen molar-refractivity contribution in [3.8, 4) is 0 Å². The molecule has 0 amide bonds. The van der Waals surface area contributed by atoms with Crippen molar-refractivity contribution in [1.82, 2.24) is 0 Å². The molecule has 1 aromatic carbocycles. The van der Waals surface area contributed by atoms with Crippen LogP contribution in [0.2, 0.25) is 0 Å². The van der Waals surface area contributed by atoms with Crippen molar-refractivity contribution < 1.29 is 9.90 Å². The van der Waals surface area contributed by atoms with Gasteiger partial charge in [-0.15, -0.1) is 0 Å². The highest BCUT2D eigenvalue weighted by molar-refractivity contribution is 5.80. The summed E-state index contributed by atoms with van der Waals surface area (Å²) in [6, 6.07) is 9.99. The van der Waals surface area contributed by atoms with E-state index in [1.807, 2.05) is 54.6 Å². The Bertz CT molecular complexity index is 533. The fourth-order valence-electron chi connectivity index (χ4n) is 1.82. The fourth-order valence-corrected chi connectivity index (χ4v) is 1.82. The molecule has 1 aliphatic carbocycles. The summed E-state index contributed by atoms with van der Waals surface area (Å²) in [5.74, 6) is -0.900. The lowest BCUT2D eigenvalue weighted by Crippen LogP contribution is -1.99. The maximum absolute atomic E-state index is 10.6. The molecule has 0 radical (unpaired) electrons. The Hall–Kier alpha value is -2.35. The van der Waals surface area contributed by atoms with Crippen LogP contribution in [-0.2, 0) is 4.79 Å². The summed E-state index contributed by atoms with van der Waals surface area (Å²) in [6.45, 7) is 0. The number of carboxylic acid groups (broad SMARTS) is 1. The van der Waals surface area contributed by atoms with Crippen LogP contribution in [0, 0.1) is 5.92 Å². The molecule has 1 aliphatic rings. The van der Waals surface area contributed by atoms with E-state index in [-0.39, 0.29) is 5.92 Å². The molecule has 0 spiro atoms. The first-order chi connectivity index (χ1) is 8.75.